The number of hydrogen-bond donors (Lipinski definition) is 0. The quantitative estimate of drug-likeness (QED) is 0.333. The fraction of sp³-hybridized carbons (Fsp3) is 0.500. The third-order valence-corrected chi connectivity index (χ3v) is 0.894. The Kier molecular flexibility index (Phi) is 5.85. The maximum atomic E-state index is 4.82. The summed E-state index contributed by atoms with van der Waals surface area (Å²) < 4.78 is 9.63. The number of methoxy groups -OCH3 is 2. The minimum atomic E-state index is -0.403. The van der Waals surface area contributed by atoms with Gasteiger partial charge in [-0.2, -0.15) is 0 Å². The normalized spacial score (nSPS) is 8.70. The van der Waals surface area contributed by atoms with Crippen molar-refractivity contribution in [3.63, 3.8) is 0 Å². The van der Waals surface area contributed by atoms with Crippen LogP contribution in [0.4, 0.5) is 0 Å². The second-order valence-electron chi connectivity index (χ2n) is 1.62. The minimum Gasteiger partial charge on any atom is -0.345 e. The first-order valence-electron chi connectivity index (χ1n) is 3.00. The van der Waals surface area contributed by atoms with Gasteiger partial charge >= 0.3 is 0 Å². The van der Waals surface area contributed by atoms with E-state index in [0.29, 0.717) is 6.42 Å². The van der Waals surface area contributed by atoms with Crippen LogP contribution in [-0.4, -0.2) is 20.5 Å². The average molecular weight is 140 g/mol. The van der Waals surface area contributed by atoms with Gasteiger partial charge in [-0.15, -0.1) is 6.58 Å². The van der Waals surface area contributed by atoms with Crippen molar-refractivity contribution in [1.29, 1.82) is 0 Å². The van der Waals surface area contributed by atoms with Gasteiger partial charge in [0, 0.05) is 20.6 Å². The van der Waals surface area contributed by atoms with E-state index in [1.54, 1.807) is 20.3 Å². The van der Waals surface area contributed by atoms with E-state index in [1.165, 1.54) is 0 Å². The molecule has 0 heterocycles. The van der Waals surface area contributed by atoms with Gasteiger partial charge in [0.05, 0.1) is 0 Å². The van der Waals surface area contributed by atoms with Crippen molar-refractivity contribution in [1.82, 2.24) is 0 Å². The Bertz CT molecular complexity index is 137. The number of rotatable bonds is 3. The molecule has 0 aromatic carbocycles. The first kappa shape index (κ1) is 9.22. The molecular formula is C8H12O2. The van der Waals surface area contributed by atoms with Gasteiger partial charge in [0.2, 0.25) is 6.29 Å². The molecule has 0 rings (SSSR count). The summed E-state index contributed by atoms with van der Waals surface area (Å²) >= 11 is 0. The van der Waals surface area contributed by atoms with Crippen molar-refractivity contribution in [3.8, 4) is 11.8 Å². The van der Waals surface area contributed by atoms with Gasteiger partial charge in [-0.25, -0.2) is 0 Å². The van der Waals surface area contributed by atoms with Crippen LogP contribution in [-0.2, 0) is 9.47 Å². The van der Waals surface area contributed by atoms with Gasteiger partial charge in [-0.3, -0.25) is 0 Å². The Labute approximate surface area is 61.8 Å². The zero-order valence-corrected chi connectivity index (χ0v) is 6.39. The minimum absolute atomic E-state index is 0.403. The van der Waals surface area contributed by atoms with Crippen LogP contribution < -0.4 is 0 Å². The average Bonchev–Trinajstić information content (AvgIpc) is 1.99. The first-order valence-corrected chi connectivity index (χ1v) is 3.00. The van der Waals surface area contributed by atoms with Gasteiger partial charge in [0.1, 0.15) is 0 Å². The summed E-state index contributed by atoms with van der Waals surface area (Å²) in [4.78, 5) is 0. The first-order chi connectivity index (χ1) is 4.85. The maximum Gasteiger partial charge on any atom is 0.221 e. The lowest BCUT2D eigenvalue weighted by Crippen LogP contribution is -2.09. The molecule has 0 saturated heterocycles. The van der Waals surface area contributed by atoms with Gasteiger partial charge in [-0.05, 0) is 5.92 Å². The van der Waals surface area contributed by atoms with E-state index in [2.05, 4.69) is 18.4 Å². The Morgan fingerprint density at radius 3 is 2.50 bits per heavy atom. The smallest absolute Gasteiger partial charge is 0.221 e. The maximum absolute atomic E-state index is 4.82. The molecule has 10 heavy (non-hydrogen) atoms. The van der Waals surface area contributed by atoms with Crippen LogP contribution in [0.2, 0.25) is 0 Å². The highest BCUT2D eigenvalue weighted by atomic mass is 16.7. The predicted octanol–water partition coefficient (Wildman–Crippen LogP) is 1.18. The third-order valence-electron chi connectivity index (χ3n) is 0.894. The van der Waals surface area contributed by atoms with Gasteiger partial charge in [0.25, 0.3) is 0 Å². The van der Waals surface area contributed by atoms with Crippen molar-refractivity contribution in [3.05, 3.63) is 12.7 Å². The molecule has 0 N–H and O–H groups in total. The molecule has 0 aromatic rings. The molecule has 0 aliphatic rings. The predicted molar refractivity (Wildman–Crippen MR) is 40.4 cm³/mol. The summed E-state index contributed by atoms with van der Waals surface area (Å²) in [6, 6.07) is 0. The summed E-state index contributed by atoms with van der Waals surface area (Å²) in [5.74, 6) is 5.57. The molecule has 56 valence electrons. The van der Waals surface area contributed by atoms with Crippen LogP contribution >= 0.6 is 0 Å². The van der Waals surface area contributed by atoms with Gasteiger partial charge < -0.3 is 9.47 Å². The molecule has 0 saturated carbocycles. The largest absolute Gasteiger partial charge is 0.345 e. The molecule has 0 spiro atoms. The van der Waals surface area contributed by atoms with E-state index in [0.717, 1.165) is 0 Å². The lowest BCUT2D eigenvalue weighted by molar-refractivity contribution is -0.0595. The van der Waals surface area contributed by atoms with Crippen LogP contribution in [0.5, 0.6) is 0 Å². The lowest BCUT2D eigenvalue weighted by Gasteiger charge is -2.03. The standard InChI is InChI=1S/C8H12O2/c1-4-5-6-7-8(9-2)10-3/h4,8H,1,5H2,2-3H3. The van der Waals surface area contributed by atoms with Crippen LogP contribution in [0, 0.1) is 11.8 Å². The Balaban J connectivity index is 3.62. The summed E-state index contributed by atoms with van der Waals surface area (Å²) in [7, 11) is 3.10. The highest BCUT2D eigenvalue weighted by molar-refractivity contribution is 5.05. The van der Waals surface area contributed by atoms with Crippen molar-refractivity contribution in [2.75, 3.05) is 14.2 Å². The lowest BCUT2D eigenvalue weighted by atomic mass is 10.4. The highest BCUT2D eigenvalue weighted by Crippen LogP contribution is 1.86. The molecule has 0 aliphatic heterocycles. The number of ether oxygens (including phenoxy) is 2. The molecular weight excluding hydrogens is 128 g/mol. The van der Waals surface area contributed by atoms with E-state index in [-0.39, 0.29) is 0 Å². The van der Waals surface area contributed by atoms with E-state index in [1.807, 2.05) is 0 Å². The Morgan fingerprint density at radius 1 is 1.50 bits per heavy atom. The van der Waals surface area contributed by atoms with Crippen LogP contribution in [0.1, 0.15) is 6.42 Å². The zero-order valence-electron chi connectivity index (χ0n) is 6.39. The monoisotopic (exact) mass is 140 g/mol. The van der Waals surface area contributed by atoms with Crippen molar-refractivity contribution >= 4 is 0 Å². The second kappa shape index (κ2) is 6.34. The molecule has 0 unspecified atom stereocenters. The molecule has 0 fully saturated rings. The zero-order chi connectivity index (χ0) is 7.82. The van der Waals surface area contributed by atoms with E-state index >= 15 is 0 Å². The van der Waals surface area contributed by atoms with Crippen molar-refractivity contribution in [2.24, 2.45) is 0 Å². The van der Waals surface area contributed by atoms with Crippen molar-refractivity contribution < 1.29 is 9.47 Å². The van der Waals surface area contributed by atoms with Crippen LogP contribution in [0.15, 0.2) is 12.7 Å². The van der Waals surface area contributed by atoms with Crippen LogP contribution in [0.3, 0.4) is 0 Å². The van der Waals surface area contributed by atoms with Crippen molar-refractivity contribution in [2.45, 2.75) is 12.7 Å². The highest BCUT2D eigenvalue weighted by Gasteiger charge is 1.94. The summed E-state index contributed by atoms with van der Waals surface area (Å²) in [5.41, 5.74) is 0. The molecule has 0 radical (unpaired) electrons. The van der Waals surface area contributed by atoms with Gasteiger partial charge in [-0.1, -0.05) is 12.0 Å². The molecule has 0 atom stereocenters. The summed E-state index contributed by atoms with van der Waals surface area (Å²) in [5, 5.41) is 0. The van der Waals surface area contributed by atoms with E-state index < -0.39 is 6.29 Å². The Morgan fingerprint density at radius 2 is 2.10 bits per heavy atom. The number of hydrogen-bond acceptors (Lipinski definition) is 2. The van der Waals surface area contributed by atoms with E-state index in [9.17, 15) is 0 Å². The topological polar surface area (TPSA) is 18.5 Å². The van der Waals surface area contributed by atoms with Crippen LogP contribution in [0.25, 0.3) is 0 Å². The molecule has 2 heteroatoms. The number of allylic oxidation sites excluding steroid dienone is 1. The van der Waals surface area contributed by atoms with Gasteiger partial charge in [0.15, 0.2) is 0 Å². The second-order valence-corrected chi connectivity index (χ2v) is 1.62. The Hall–Kier alpha value is -0.780. The fourth-order valence-electron chi connectivity index (χ4n) is 0.429. The van der Waals surface area contributed by atoms with E-state index in [4.69, 9.17) is 9.47 Å². The molecule has 2 nitrogen and oxygen atoms in total. The fourth-order valence-corrected chi connectivity index (χ4v) is 0.429. The summed E-state index contributed by atoms with van der Waals surface area (Å²) in [6.07, 6.45) is 2.00. The molecule has 0 aliphatic carbocycles. The SMILES string of the molecule is C=CCC#CC(OC)OC. The molecule has 0 aromatic heterocycles. The summed E-state index contributed by atoms with van der Waals surface area (Å²) in [6.45, 7) is 3.53. The molecule has 0 bridgehead atoms. The third kappa shape index (κ3) is 4.13. The molecule has 0 amide bonds.